The molecule has 44 heavy (non-hydrogen) atoms. The second kappa shape index (κ2) is 13.6. The fourth-order valence-electron chi connectivity index (χ4n) is 5.99. The summed E-state index contributed by atoms with van der Waals surface area (Å²) in [4.78, 5) is 0. The van der Waals surface area contributed by atoms with Crippen molar-refractivity contribution in [2.45, 2.75) is 83.1 Å². The van der Waals surface area contributed by atoms with E-state index in [1.165, 1.54) is 99.4 Å². The number of benzene rings is 6. The van der Waals surface area contributed by atoms with Crippen LogP contribution in [0.5, 0.6) is 0 Å². The first-order valence-corrected chi connectivity index (χ1v) is 15.9. The summed E-state index contributed by atoms with van der Waals surface area (Å²) in [6.07, 6.45) is 0. The molecule has 0 saturated carbocycles. The molecule has 0 heterocycles. The maximum atomic E-state index is 2.30. The SMILES string of the molecule is Cc1cc(C)c(C)cc1C.Cc1ccc(-c2cc(C)c(C)cc2C)cc1.Cc1ccc2c(C)c3cc(C)ccc3c(C)c2c1. The van der Waals surface area contributed by atoms with E-state index in [9.17, 15) is 0 Å². The number of hydrogen-bond donors (Lipinski definition) is 0. The molecule has 0 N–H and O–H groups in total. The van der Waals surface area contributed by atoms with Crippen LogP contribution >= 0.6 is 0 Å². The highest BCUT2D eigenvalue weighted by molar-refractivity contribution is 6.05. The summed E-state index contributed by atoms with van der Waals surface area (Å²) >= 11 is 0. The van der Waals surface area contributed by atoms with Gasteiger partial charge in [-0.05, 0) is 166 Å². The van der Waals surface area contributed by atoms with Crippen molar-refractivity contribution in [2.75, 3.05) is 0 Å². The van der Waals surface area contributed by atoms with Gasteiger partial charge >= 0.3 is 0 Å². The van der Waals surface area contributed by atoms with Gasteiger partial charge < -0.3 is 0 Å². The van der Waals surface area contributed by atoms with E-state index < -0.39 is 0 Å². The van der Waals surface area contributed by atoms with Gasteiger partial charge in [-0.2, -0.15) is 0 Å². The summed E-state index contributed by atoms with van der Waals surface area (Å²) in [7, 11) is 0. The maximum Gasteiger partial charge on any atom is -0.0143 e. The lowest BCUT2D eigenvalue weighted by Crippen LogP contribution is -1.89. The molecule has 6 aromatic rings. The van der Waals surface area contributed by atoms with Crippen LogP contribution < -0.4 is 0 Å². The van der Waals surface area contributed by atoms with Gasteiger partial charge in [-0.1, -0.05) is 102 Å². The molecule has 0 spiro atoms. The molecule has 0 aliphatic heterocycles. The van der Waals surface area contributed by atoms with E-state index in [2.05, 4.69) is 168 Å². The van der Waals surface area contributed by atoms with Crippen molar-refractivity contribution in [1.82, 2.24) is 0 Å². The second-order valence-corrected chi connectivity index (χ2v) is 13.0. The van der Waals surface area contributed by atoms with Crippen LogP contribution in [0.2, 0.25) is 0 Å². The Kier molecular flexibility index (Phi) is 10.2. The predicted molar refractivity (Wildman–Crippen MR) is 197 cm³/mol. The summed E-state index contributed by atoms with van der Waals surface area (Å²) in [6.45, 7) is 26.1. The van der Waals surface area contributed by atoms with Crippen molar-refractivity contribution in [1.29, 1.82) is 0 Å². The average molecular weight is 579 g/mol. The largest absolute Gasteiger partial charge is 0.0587 e. The van der Waals surface area contributed by atoms with Gasteiger partial charge in [0, 0.05) is 0 Å². The van der Waals surface area contributed by atoms with E-state index >= 15 is 0 Å². The smallest absolute Gasteiger partial charge is 0.0143 e. The normalized spacial score (nSPS) is 10.7. The Hall–Kier alpha value is -4.16. The lowest BCUT2D eigenvalue weighted by Gasteiger charge is -2.13. The molecule has 0 amide bonds. The minimum atomic E-state index is 1.31. The van der Waals surface area contributed by atoms with Gasteiger partial charge in [-0.25, -0.2) is 0 Å². The monoisotopic (exact) mass is 578 g/mol. The van der Waals surface area contributed by atoms with Crippen LogP contribution in [0.1, 0.15) is 66.8 Å². The van der Waals surface area contributed by atoms with Gasteiger partial charge in [0.15, 0.2) is 0 Å². The quantitative estimate of drug-likeness (QED) is 0.170. The number of fused-ring (bicyclic) bond motifs is 2. The van der Waals surface area contributed by atoms with E-state index in [1.54, 1.807) is 0 Å². The van der Waals surface area contributed by atoms with Crippen LogP contribution in [0.25, 0.3) is 32.7 Å². The highest BCUT2D eigenvalue weighted by atomic mass is 14.1. The molecular formula is C44H50. The molecule has 0 bridgehead atoms. The molecule has 0 radical (unpaired) electrons. The van der Waals surface area contributed by atoms with Crippen molar-refractivity contribution < 1.29 is 0 Å². The Morgan fingerprint density at radius 3 is 1.02 bits per heavy atom. The molecule has 0 aliphatic carbocycles. The lowest BCUT2D eigenvalue weighted by molar-refractivity contribution is 1.24. The third kappa shape index (κ3) is 7.31. The zero-order valence-corrected chi connectivity index (χ0v) is 29.1. The Bertz CT molecular complexity index is 1830. The van der Waals surface area contributed by atoms with Gasteiger partial charge in [0.25, 0.3) is 0 Å². The summed E-state index contributed by atoms with van der Waals surface area (Å²) in [5, 5.41) is 5.56. The minimum Gasteiger partial charge on any atom is -0.0587 e. The van der Waals surface area contributed by atoms with Crippen LogP contribution in [-0.2, 0) is 0 Å². The van der Waals surface area contributed by atoms with Gasteiger partial charge in [-0.3, -0.25) is 0 Å². The topological polar surface area (TPSA) is 0 Å². The minimum absolute atomic E-state index is 1.31. The molecule has 0 heteroatoms. The van der Waals surface area contributed by atoms with Gasteiger partial charge in [-0.15, -0.1) is 0 Å². The Balaban J connectivity index is 0.000000157. The highest BCUT2D eigenvalue weighted by Crippen LogP contribution is 2.33. The Morgan fingerprint density at radius 2 is 0.614 bits per heavy atom. The third-order valence-corrected chi connectivity index (χ3v) is 9.28. The van der Waals surface area contributed by atoms with Gasteiger partial charge in [0.2, 0.25) is 0 Å². The summed E-state index contributed by atoms with van der Waals surface area (Å²) < 4.78 is 0. The highest BCUT2D eigenvalue weighted by Gasteiger charge is 2.09. The first-order chi connectivity index (χ1) is 20.8. The maximum absolute atomic E-state index is 2.30. The van der Waals surface area contributed by atoms with E-state index in [-0.39, 0.29) is 0 Å². The van der Waals surface area contributed by atoms with Crippen LogP contribution in [0.3, 0.4) is 0 Å². The van der Waals surface area contributed by atoms with Crippen LogP contribution in [0.15, 0.2) is 84.9 Å². The van der Waals surface area contributed by atoms with E-state index in [1.807, 2.05) is 0 Å². The number of rotatable bonds is 1. The van der Waals surface area contributed by atoms with Crippen molar-refractivity contribution in [3.05, 3.63) is 152 Å². The van der Waals surface area contributed by atoms with Crippen LogP contribution in [0, 0.1) is 83.1 Å². The molecule has 0 unspecified atom stereocenters. The molecule has 0 atom stereocenters. The molecular weight excluding hydrogens is 528 g/mol. The molecule has 6 aromatic carbocycles. The molecule has 0 aromatic heterocycles. The zero-order chi connectivity index (χ0) is 32.3. The molecule has 0 fully saturated rings. The van der Waals surface area contributed by atoms with Crippen molar-refractivity contribution in [3.63, 3.8) is 0 Å². The molecule has 0 nitrogen and oxygen atoms in total. The predicted octanol–water partition coefficient (Wildman–Crippen LogP) is 12.7. The van der Waals surface area contributed by atoms with Crippen molar-refractivity contribution >= 4 is 21.5 Å². The van der Waals surface area contributed by atoms with Crippen LogP contribution in [0.4, 0.5) is 0 Å². The number of hydrogen-bond acceptors (Lipinski definition) is 0. The molecule has 226 valence electrons. The average Bonchev–Trinajstić information content (AvgIpc) is 2.98. The fraction of sp³-hybridized carbons (Fsp3) is 0.273. The lowest BCUT2D eigenvalue weighted by atomic mass is 9.91. The molecule has 0 aliphatic rings. The second-order valence-electron chi connectivity index (χ2n) is 13.0. The van der Waals surface area contributed by atoms with Gasteiger partial charge in [0.05, 0.1) is 0 Å². The molecule has 0 saturated heterocycles. The third-order valence-electron chi connectivity index (χ3n) is 9.28. The first-order valence-electron chi connectivity index (χ1n) is 15.9. The first kappa shape index (κ1) is 32.7. The fourth-order valence-corrected chi connectivity index (χ4v) is 5.99. The summed E-state index contributed by atoms with van der Waals surface area (Å²) in [6, 6.07) is 31.3. The Morgan fingerprint density at radius 1 is 0.273 bits per heavy atom. The summed E-state index contributed by atoms with van der Waals surface area (Å²) in [5.74, 6) is 0. The van der Waals surface area contributed by atoms with E-state index in [4.69, 9.17) is 0 Å². The molecule has 6 rings (SSSR count). The van der Waals surface area contributed by atoms with Gasteiger partial charge in [0.1, 0.15) is 0 Å². The standard InChI is InChI=1S/C18H18.C16H18.C10H14/c1-11-5-7-15-14(4)18-10-12(2)6-8-16(18)13(3)17(15)9-11;1-11-5-7-15(8-6-11)16-10-13(3)12(2)9-14(16)4;1-7-5-9(3)10(4)6-8(7)2/h5-10H,1-4H3;5-10H,1-4H3;5-6H,1-4H3. The van der Waals surface area contributed by atoms with Crippen molar-refractivity contribution in [2.24, 2.45) is 0 Å². The number of aryl methyl sites for hydroxylation is 12. The Labute approximate surface area is 266 Å². The van der Waals surface area contributed by atoms with E-state index in [0.717, 1.165) is 0 Å². The van der Waals surface area contributed by atoms with Crippen molar-refractivity contribution in [3.8, 4) is 11.1 Å². The van der Waals surface area contributed by atoms with Crippen LogP contribution in [-0.4, -0.2) is 0 Å². The summed E-state index contributed by atoms with van der Waals surface area (Å²) in [5.41, 5.74) is 19.1. The van der Waals surface area contributed by atoms with E-state index in [0.29, 0.717) is 0 Å². The zero-order valence-electron chi connectivity index (χ0n) is 29.1.